The molecular weight excluding hydrogens is 444 g/mol. The smallest absolute Gasteiger partial charge is 0.307 e. The second-order valence-electron chi connectivity index (χ2n) is 7.12. The Morgan fingerprint density at radius 2 is 1.38 bits per heavy atom. The summed E-state index contributed by atoms with van der Waals surface area (Å²) in [5, 5.41) is 36.5. The lowest BCUT2D eigenvalue weighted by Gasteiger charge is -2.09. The van der Waals surface area contributed by atoms with Gasteiger partial charge >= 0.3 is 23.9 Å². The fraction of sp³-hybridized carbons (Fsp3) is 0.400. The number of carbonyl (C=O) groups excluding carboxylic acids is 1. The zero-order chi connectivity index (χ0) is 24.0. The number of aromatic amines is 1. The summed E-state index contributed by atoms with van der Waals surface area (Å²) >= 11 is 4.19. The molecule has 0 aromatic carbocycles. The van der Waals surface area contributed by atoms with Crippen molar-refractivity contribution in [3.8, 4) is 0 Å². The summed E-state index contributed by atoms with van der Waals surface area (Å²) in [7, 11) is 0. The highest BCUT2D eigenvalue weighted by atomic mass is 32.1. The number of nitrogens with zero attached hydrogens (tertiary/aromatic N) is 1. The average molecular weight is 466 g/mol. The Morgan fingerprint density at radius 1 is 0.781 bits per heavy atom. The normalized spacial score (nSPS) is 13.4. The van der Waals surface area contributed by atoms with Gasteiger partial charge in [0.1, 0.15) is 0 Å². The van der Waals surface area contributed by atoms with Crippen LogP contribution in [0, 0.1) is 0 Å². The number of amides is 1. The average Bonchev–Trinajstić information content (AvgIpc) is 3.14. The van der Waals surface area contributed by atoms with Crippen LogP contribution in [-0.2, 0) is 49.0 Å². The summed E-state index contributed by atoms with van der Waals surface area (Å²) in [5.74, 6) is -5.14. The van der Waals surface area contributed by atoms with E-state index < -0.39 is 36.2 Å². The van der Waals surface area contributed by atoms with Gasteiger partial charge in [-0.2, -0.15) is 12.6 Å². The number of aliphatic imine (C=N–C) groups is 1. The largest absolute Gasteiger partial charge is 0.481 e. The summed E-state index contributed by atoms with van der Waals surface area (Å²) in [6, 6.07) is 0. The number of carboxylic acids is 4. The zero-order valence-electron chi connectivity index (χ0n) is 16.9. The maximum atomic E-state index is 12.3. The van der Waals surface area contributed by atoms with Gasteiger partial charge in [-0.15, -0.1) is 0 Å². The molecule has 0 unspecified atom stereocenters. The van der Waals surface area contributed by atoms with Crippen LogP contribution < -0.4 is 0 Å². The lowest BCUT2D eigenvalue weighted by molar-refractivity contribution is -0.138. The molecule has 172 valence electrons. The molecule has 1 aromatic rings. The van der Waals surface area contributed by atoms with E-state index in [1.807, 2.05) is 0 Å². The lowest BCUT2D eigenvalue weighted by Crippen LogP contribution is -2.12. The third-order valence-corrected chi connectivity index (χ3v) is 5.25. The van der Waals surface area contributed by atoms with E-state index in [9.17, 15) is 34.2 Å². The second-order valence-corrected chi connectivity index (χ2v) is 7.44. The van der Waals surface area contributed by atoms with Crippen molar-refractivity contribution < 1.29 is 44.4 Å². The Morgan fingerprint density at radius 3 is 1.91 bits per heavy atom. The van der Waals surface area contributed by atoms with Crippen LogP contribution in [0.1, 0.15) is 48.2 Å². The minimum Gasteiger partial charge on any atom is -0.481 e. The first-order chi connectivity index (χ1) is 15.0. The van der Waals surface area contributed by atoms with Crippen molar-refractivity contribution in [3.63, 3.8) is 0 Å². The predicted octanol–water partition coefficient (Wildman–Crippen LogP) is 1.25. The third-order valence-electron chi connectivity index (χ3n) is 4.94. The van der Waals surface area contributed by atoms with Crippen LogP contribution in [-0.4, -0.2) is 60.9 Å². The SMILES string of the molecule is O=C(O)CCC1=C(CC(=O)O)C(Cc2[nH]c(CS)c(CC(=O)O)c2CCC(=O)O)=NC1=O. The van der Waals surface area contributed by atoms with Crippen molar-refractivity contribution >= 4 is 48.1 Å². The Labute approximate surface area is 187 Å². The van der Waals surface area contributed by atoms with Gasteiger partial charge in [0.15, 0.2) is 0 Å². The molecule has 32 heavy (non-hydrogen) atoms. The van der Waals surface area contributed by atoms with E-state index >= 15 is 0 Å². The van der Waals surface area contributed by atoms with E-state index in [4.69, 9.17) is 10.2 Å². The Hall–Kier alpha value is -3.41. The zero-order valence-corrected chi connectivity index (χ0v) is 17.8. The lowest BCUT2D eigenvalue weighted by atomic mass is 9.94. The summed E-state index contributed by atoms with van der Waals surface area (Å²) in [6.45, 7) is 0. The minimum absolute atomic E-state index is 0.0165. The summed E-state index contributed by atoms with van der Waals surface area (Å²) in [5.41, 5.74) is 2.00. The van der Waals surface area contributed by atoms with Crippen LogP contribution in [0.3, 0.4) is 0 Å². The van der Waals surface area contributed by atoms with Crippen LogP contribution >= 0.6 is 12.6 Å². The molecule has 0 radical (unpaired) electrons. The van der Waals surface area contributed by atoms with Gasteiger partial charge in [-0.3, -0.25) is 24.0 Å². The third kappa shape index (κ3) is 6.30. The Kier molecular flexibility index (Phi) is 8.35. The molecule has 1 aromatic heterocycles. The number of rotatable bonds is 13. The van der Waals surface area contributed by atoms with Gasteiger partial charge in [0.25, 0.3) is 5.91 Å². The molecule has 0 saturated carbocycles. The van der Waals surface area contributed by atoms with Crippen LogP contribution in [0.15, 0.2) is 16.1 Å². The molecule has 0 fully saturated rings. The highest BCUT2D eigenvalue weighted by Crippen LogP contribution is 2.29. The number of aromatic nitrogens is 1. The number of carbonyl (C=O) groups is 5. The van der Waals surface area contributed by atoms with Crippen molar-refractivity contribution in [2.24, 2.45) is 4.99 Å². The summed E-state index contributed by atoms with van der Waals surface area (Å²) in [4.78, 5) is 63.9. The number of carboxylic acid groups (broad SMARTS) is 4. The van der Waals surface area contributed by atoms with Crippen molar-refractivity contribution in [3.05, 3.63) is 33.7 Å². The maximum Gasteiger partial charge on any atom is 0.307 e. The quantitative estimate of drug-likeness (QED) is 0.232. The predicted molar refractivity (Wildman–Crippen MR) is 113 cm³/mol. The molecule has 11 nitrogen and oxygen atoms in total. The molecule has 5 N–H and O–H groups in total. The van der Waals surface area contributed by atoms with E-state index in [1.54, 1.807) is 0 Å². The number of aliphatic carboxylic acids is 4. The van der Waals surface area contributed by atoms with Gasteiger partial charge in [0, 0.05) is 42.0 Å². The first-order valence-corrected chi connectivity index (χ1v) is 10.2. The van der Waals surface area contributed by atoms with Crippen molar-refractivity contribution in [2.75, 3.05) is 0 Å². The van der Waals surface area contributed by atoms with Gasteiger partial charge in [0.05, 0.1) is 18.6 Å². The maximum absolute atomic E-state index is 12.3. The van der Waals surface area contributed by atoms with Gasteiger partial charge < -0.3 is 25.4 Å². The standard InChI is InChI=1S/C20H22N2O9S/c23-16(24)3-1-9-11(5-18(27)28)15(8-32)21-13(9)7-14-12(6-19(29)30)10(20(31)22-14)2-4-17(25)26/h21,32H,1-8H2,(H,23,24)(H,25,26)(H,27,28)(H,29,30). The van der Waals surface area contributed by atoms with E-state index in [1.165, 1.54) is 0 Å². The molecule has 2 rings (SSSR count). The summed E-state index contributed by atoms with van der Waals surface area (Å²) in [6.07, 6.45) is -1.77. The first-order valence-electron chi connectivity index (χ1n) is 9.57. The molecule has 0 saturated heterocycles. The fourth-order valence-corrected chi connectivity index (χ4v) is 3.88. The molecule has 1 amide bonds. The molecule has 2 heterocycles. The van der Waals surface area contributed by atoms with E-state index in [-0.39, 0.29) is 61.1 Å². The number of thiol groups is 1. The van der Waals surface area contributed by atoms with Crippen LogP contribution in [0.4, 0.5) is 0 Å². The second kappa shape index (κ2) is 10.8. The van der Waals surface area contributed by atoms with Crippen LogP contribution in [0.2, 0.25) is 0 Å². The van der Waals surface area contributed by atoms with Crippen molar-refractivity contribution in [1.82, 2.24) is 4.98 Å². The first kappa shape index (κ1) is 24.9. The minimum atomic E-state index is -1.23. The van der Waals surface area contributed by atoms with Crippen LogP contribution in [0.25, 0.3) is 0 Å². The highest BCUT2D eigenvalue weighted by Gasteiger charge is 2.30. The molecule has 0 bridgehead atoms. The number of H-pyrrole nitrogens is 1. The Bertz CT molecular complexity index is 1040. The van der Waals surface area contributed by atoms with Gasteiger partial charge in [-0.25, -0.2) is 4.99 Å². The molecular formula is C20H22N2O9S. The Balaban J connectivity index is 2.49. The van der Waals surface area contributed by atoms with Gasteiger partial charge in [-0.05, 0) is 29.5 Å². The van der Waals surface area contributed by atoms with Crippen molar-refractivity contribution in [2.45, 2.75) is 50.7 Å². The molecule has 1 aliphatic heterocycles. The summed E-state index contributed by atoms with van der Waals surface area (Å²) < 4.78 is 0. The number of hydrogen-bond donors (Lipinski definition) is 6. The highest BCUT2D eigenvalue weighted by molar-refractivity contribution is 7.79. The van der Waals surface area contributed by atoms with E-state index in [0.29, 0.717) is 22.5 Å². The van der Waals surface area contributed by atoms with Gasteiger partial charge in [-0.1, -0.05) is 0 Å². The fourth-order valence-electron chi connectivity index (χ4n) is 3.61. The van der Waals surface area contributed by atoms with Gasteiger partial charge in [0.2, 0.25) is 0 Å². The topological polar surface area (TPSA) is 194 Å². The molecule has 1 aliphatic rings. The molecule has 0 atom stereocenters. The monoisotopic (exact) mass is 466 g/mol. The van der Waals surface area contributed by atoms with E-state index in [2.05, 4.69) is 22.6 Å². The molecule has 12 heteroatoms. The number of hydrogen-bond acceptors (Lipinski definition) is 6. The van der Waals surface area contributed by atoms with Crippen molar-refractivity contribution in [1.29, 1.82) is 0 Å². The van der Waals surface area contributed by atoms with E-state index in [0.717, 1.165) is 0 Å². The molecule has 0 spiro atoms. The van der Waals surface area contributed by atoms with Crippen LogP contribution in [0.5, 0.6) is 0 Å². The number of nitrogens with one attached hydrogen (secondary N) is 1. The molecule has 0 aliphatic carbocycles.